The predicted octanol–water partition coefficient (Wildman–Crippen LogP) is 2.35. The first kappa shape index (κ1) is 16.2. The van der Waals surface area contributed by atoms with E-state index < -0.39 is 5.97 Å². The van der Waals surface area contributed by atoms with Gasteiger partial charge in [-0.2, -0.15) is 0 Å². The molecule has 3 rings (SSSR count). The number of esters is 1. The topological polar surface area (TPSA) is 89.7 Å². The first-order valence-electron chi connectivity index (χ1n) is 7.53. The molecule has 0 saturated carbocycles. The van der Waals surface area contributed by atoms with Crippen LogP contribution in [0.3, 0.4) is 0 Å². The number of fused-ring (bicyclic) bond motifs is 1. The van der Waals surface area contributed by atoms with Gasteiger partial charge in [-0.15, -0.1) is 11.3 Å². The summed E-state index contributed by atoms with van der Waals surface area (Å²) in [6.45, 7) is 2.25. The molecule has 0 saturated heterocycles. The minimum Gasteiger partial charge on any atom is -0.462 e. The lowest BCUT2D eigenvalue weighted by Gasteiger charge is -2.12. The van der Waals surface area contributed by atoms with Crippen LogP contribution in [-0.2, 0) is 11.2 Å². The molecule has 6 nitrogen and oxygen atoms in total. The van der Waals surface area contributed by atoms with E-state index in [1.807, 2.05) is 0 Å². The highest BCUT2D eigenvalue weighted by Crippen LogP contribution is 2.28. The molecule has 1 aliphatic rings. The Bertz CT molecular complexity index is 793. The van der Waals surface area contributed by atoms with Crippen LogP contribution < -0.4 is 5.73 Å². The number of carbonyl (C=O) groups excluding carboxylic acids is 3. The molecule has 124 valence electrons. The molecule has 0 unspecified atom stereocenters. The molecule has 2 heterocycles. The van der Waals surface area contributed by atoms with Gasteiger partial charge in [0, 0.05) is 17.8 Å². The monoisotopic (exact) mass is 344 g/mol. The first-order chi connectivity index (χ1) is 11.5. The first-order valence-corrected chi connectivity index (χ1v) is 8.35. The fourth-order valence-corrected chi connectivity index (χ4v) is 3.52. The van der Waals surface area contributed by atoms with Gasteiger partial charge in [0.15, 0.2) is 0 Å². The summed E-state index contributed by atoms with van der Waals surface area (Å²) in [5.74, 6) is -1.03. The van der Waals surface area contributed by atoms with Crippen molar-refractivity contribution >= 4 is 34.1 Å². The highest BCUT2D eigenvalue weighted by atomic mass is 32.1. The summed E-state index contributed by atoms with van der Waals surface area (Å²) in [7, 11) is 0. The number of thiophene rings is 1. The fraction of sp³-hybridized carbons (Fsp3) is 0.235. The van der Waals surface area contributed by atoms with Gasteiger partial charge in [-0.25, -0.2) is 4.79 Å². The summed E-state index contributed by atoms with van der Waals surface area (Å²) in [5.41, 5.74) is 7.04. The van der Waals surface area contributed by atoms with E-state index in [4.69, 9.17) is 10.5 Å². The van der Waals surface area contributed by atoms with Crippen molar-refractivity contribution in [3.8, 4) is 0 Å². The number of amides is 2. The summed E-state index contributed by atoms with van der Waals surface area (Å²) in [4.78, 5) is 38.4. The number of ether oxygens (including phenoxy) is 1. The smallest absolute Gasteiger partial charge is 0.341 e. The van der Waals surface area contributed by atoms with Crippen LogP contribution in [0.15, 0.2) is 30.3 Å². The molecule has 0 fully saturated rings. The summed E-state index contributed by atoms with van der Waals surface area (Å²) in [5, 5.41) is 0.380. The van der Waals surface area contributed by atoms with Gasteiger partial charge in [0.2, 0.25) is 0 Å². The third kappa shape index (κ3) is 2.78. The Balaban J connectivity index is 1.71. The number of rotatable bonds is 5. The molecule has 0 aliphatic carbocycles. The number of benzene rings is 1. The molecule has 1 aromatic carbocycles. The number of anilines is 1. The molecule has 24 heavy (non-hydrogen) atoms. The van der Waals surface area contributed by atoms with Crippen molar-refractivity contribution in [1.82, 2.24) is 4.90 Å². The van der Waals surface area contributed by atoms with Gasteiger partial charge in [-0.05, 0) is 25.1 Å². The third-order valence-corrected chi connectivity index (χ3v) is 4.79. The van der Waals surface area contributed by atoms with Crippen LogP contribution in [0.4, 0.5) is 5.00 Å². The van der Waals surface area contributed by atoms with E-state index in [0.29, 0.717) is 28.1 Å². The molecular formula is C17H16N2O4S. The van der Waals surface area contributed by atoms with Crippen molar-refractivity contribution in [2.45, 2.75) is 13.3 Å². The van der Waals surface area contributed by atoms with Crippen LogP contribution in [0.5, 0.6) is 0 Å². The number of hydrogen-bond donors (Lipinski definition) is 1. The van der Waals surface area contributed by atoms with Crippen LogP contribution in [-0.4, -0.2) is 35.8 Å². The lowest BCUT2D eigenvalue weighted by molar-refractivity contribution is 0.0526. The lowest BCUT2D eigenvalue weighted by atomic mass is 10.1. The quantitative estimate of drug-likeness (QED) is 0.664. The van der Waals surface area contributed by atoms with Crippen molar-refractivity contribution in [2.24, 2.45) is 0 Å². The van der Waals surface area contributed by atoms with Crippen molar-refractivity contribution in [3.63, 3.8) is 0 Å². The lowest BCUT2D eigenvalue weighted by Crippen LogP contribution is -2.31. The molecule has 1 aliphatic heterocycles. The van der Waals surface area contributed by atoms with Crippen molar-refractivity contribution in [3.05, 3.63) is 51.9 Å². The van der Waals surface area contributed by atoms with Crippen LogP contribution in [0.25, 0.3) is 0 Å². The highest BCUT2D eigenvalue weighted by molar-refractivity contribution is 7.16. The van der Waals surface area contributed by atoms with Gasteiger partial charge in [-0.1, -0.05) is 12.1 Å². The Hall–Kier alpha value is -2.67. The molecule has 1 aromatic heterocycles. The van der Waals surface area contributed by atoms with E-state index in [-0.39, 0.29) is 25.0 Å². The van der Waals surface area contributed by atoms with Crippen LogP contribution in [0.2, 0.25) is 0 Å². The standard InChI is InChI=1S/C17H16N2O4S/c1-2-23-17(22)13-9-10(24-14(13)18)7-8-19-15(20)11-5-3-4-6-12(11)16(19)21/h3-6,9H,2,7-8,18H2,1H3. The average Bonchev–Trinajstić information content (AvgIpc) is 3.05. The number of carbonyl (C=O) groups is 3. The summed E-state index contributed by atoms with van der Waals surface area (Å²) < 4.78 is 4.95. The number of nitrogen functional groups attached to an aromatic ring is 1. The van der Waals surface area contributed by atoms with Crippen molar-refractivity contribution in [2.75, 3.05) is 18.9 Å². The Morgan fingerprint density at radius 1 is 1.21 bits per heavy atom. The van der Waals surface area contributed by atoms with Crippen LogP contribution in [0.1, 0.15) is 42.9 Å². The molecule has 0 spiro atoms. The zero-order valence-electron chi connectivity index (χ0n) is 13.1. The number of imide groups is 1. The van der Waals surface area contributed by atoms with E-state index in [2.05, 4.69) is 0 Å². The Morgan fingerprint density at radius 2 is 1.83 bits per heavy atom. The summed E-state index contributed by atoms with van der Waals surface area (Å²) in [6, 6.07) is 8.43. The second-order valence-electron chi connectivity index (χ2n) is 5.27. The van der Waals surface area contributed by atoms with E-state index >= 15 is 0 Å². The minimum absolute atomic E-state index is 0.245. The van der Waals surface area contributed by atoms with E-state index in [1.54, 1.807) is 37.3 Å². The van der Waals surface area contributed by atoms with Crippen molar-refractivity contribution in [1.29, 1.82) is 0 Å². The van der Waals surface area contributed by atoms with Gasteiger partial charge >= 0.3 is 5.97 Å². The van der Waals surface area contributed by atoms with Gasteiger partial charge in [0.05, 0.1) is 23.3 Å². The summed E-state index contributed by atoms with van der Waals surface area (Å²) in [6.07, 6.45) is 0.444. The second-order valence-corrected chi connectivity index (χ2v) is 6.44. The molecule has 2 aromatic rings. The van der Waals surface area contributed by atoms with E-state index in [1.165, 1.54) is 16.2 Å². The second kappa shape index (κ2) is 6.45. The summed E-state index contributed by atoms with van der Waals surface area (Å²) >= 11 is 1.27. The van der Waals surface area contributed by atoms with Gasteiger partial charge in [0.1, 0.15) is 5.00 Å². The molecule has 0 atom stereocenters. The maximum atomic E-state index is 12.3. The van der Waals surface area contributed by atoms with E-state index in [9.17, 15) is 14.4 Å². The molecule has 2 amide bonds. The minimum atomic E-state index is -0.460. The SMILES string of the molecule is CCOC(=O)c1cc(CCN2C(=O)c3ccccc3C2=O)sc1N. The molecule has 0 bridgehead atoms. The van der Waals surface area contributed by atoms with Gasteiger partial charge in [-0.3, -0.25) is 14.5 Å². The maximum absolute atomic E-state index is 12.3. The maximum Gasteiger partial charge on any atom is 0.341 e. The molecule has 0 radical (unpaired) electrons. The zero-order valence-corrected chi connectivity index (χ0v) is 13.9. The zero-order chi connectivity index (χ0) is 17.3. The Morgan fingerprint density at radius 3 is 2.42 bits per heavy atom. The Labute approximate surface area is 142 Å². The highest BCUT2D eigenvalue weighted by Gasteiger charge is 2.34. The number of hydrogen-bond acceptors (Lipinski definition) is 6. The third-order valence-electron chi connectivity index (χ3n) is 3.77. The molecule has 2 N–H and O–H groups in total. The predicted molar refractivity (Wildman–Crippen MR) is 90.2 cm³/mol. The van der Waals surface area contributed by atoms with Crippen LogP contribution in [0, 0.1) is 0 Å². The van der Waals surface area contributed by atoms with Crippen LogP contribution >= 0.6 is 11.3 Å². The van der Waals surface area contributed by atoms with Gasteiger partial charge < -0.3 is 10.5 Å². The Kier molecular flexibility index (Phi) is 4.35. The largest absolute Gasteiger partial charge is 0.462 e. The number of nitrogens with zero attached hydrogens (tertiary/aromatic N) is 1. The van der Waals surface area contributed by atoms with E-state index in [0.717, 1.165) is 4.88 Å². The van der Waals surface area contributed by atoms with Crippen molar-refractivity contribution < 1.29 is 19.1 Å². The molecular weight excluding hydrogens is 328 g/mol. The average molecular weight is 344 g/mol. The normalized spacial score (nSPS) is 13.3. The van der Waals surface area contributed by atoms with Gasteiger partial charge in [0.25, 0.3) is 11.8 Å². The number of nitrogens with two attached hydrogens (primary N) is 1. The molecule has 7 heteroatoms. The fourth-order valence-electron chi connectivity index (χ4n) is 2.61.